The van der Waals surface area contributed by atoms with Crippen molar-refractivity contribution in [3.63, 3.8) is 0 Å². The summed E-state index contributed by atoms with van der Waals surface area (Å²) in [5, 5.41) is 8.83. The summed E-state index contributed by atoms with van der Waals surface area (Å²) >= 11 is 0. The highest BCUT2D eigenvalue weighted by molar-refractivity contribution is 5.85. The summed E-state index contributed by atoms with van der Waals surface area (Å²) in [6.45, 7) is 8.46. The third-order valence-electron chi connectivity index (χ3n) is 4.37. The predicted molar refractivity (Wildman–Crippen MR) is 86.9 cm³/mol. The third-order valence-corrected chi connectivity index (χ3v) is 4.37. The van der Waals surface area contributed by atoms with Crippen molar-refractivity contribution in [2.24, 2.45) is 11.8 Å². The van der Waals surface area contributed by atoms with Crippen molar-refractivity contribution in [1.29, 1.82) is 0 Å². The summed E-state index contributed by atoms with van der Waals surface area (Å²) in [7, 11) is 0. The molecule has 2 unspecified atom stereocenters. The lowest BCUT2D eigenvalue weighted by Crippen LogP contribution is -2.08. The second kappa shape index (κ2) is 12.0. The van der Waals surface area contributed by atoms with Crippen LogP contribution in [0.2, 0.25) is 0 Å². The van der Waals surface area contributed by atoms with E-state index in [0.29, 0.717) is 17.4 Å². The molecule has 0 aliphatic carbocycles. The fourth-order valence-electron chi connectivity index (χ4n) is 2.39. The van der Waals surface area contributed by atoms with E-state index in [-0.39, 0.29) is 0 Å². The van der Waals surface area contributed by atoms with Gasteiger partial charge in [-0.05, 0) is 25.2 Å². The number of carbonyl (C=O) groups is 1. The van der Waals surface area contributed by atoms with Crippen LogP contribution in [0.3, 0.4) is 0 Å². The van der Waals surface area contributed by atoms with Crippen LogP contribution in [0, 0.1) is 11.8 Å². The number of hydrogen-bond donors (Lipinski definition) is 1. The number of allylic oxidation sites excluding steroid dienone is 1. The summed E-state index contributed by atoms with van der Waals surface area (Å²) in [5.41, 5.74) is 0.472. The van der Waals surface area contributed by atoms with Crippen LogP contribution in [0.25, 0.3) is 0 Å². The SMILES string of the molecule is CCCCCCCCCC(C)C(C)CC=C(C)C(=O)O. The Kier molecular flexibility index (Phi) is 11.5. The Morgan fingerprint density at radius 1 is 1.00 bits per heavy atom. The van der Waals surface area contributed by atoms with Crippen LogP contribution in [0.1, 0.15) is 85.5 Å². The van der Waals surface area contributed by atoms with E-state index >= 15 is 0 Å². The van der Waals surface area contributed by atoms with Gasteiger partial charge in [-0.2, -0.15) is 0 Å². The van der Waals surface area contributed by atoms with Crippen molar-refractivity contribution in [3.05, 3.63) is 11.6 Å². The topological polar surface area (TPSA) is 37.3 Å². The monoisotopic (exact) mass is 282 g/mol. The van der Waals surface area contributed by atoms with Crippen LogP contribution in [0.5, 0.6) is 0 Å². The van der Waals surface area contributed by atoms with Gasteiger partial charge in [0.2, 0.25) is 0 Å². The van der Waals surface area contributed by atoms with Crippen LogP contribution in [0.4, 0.5) is 0 Å². The molecule has 2 nitrogen and oxygen atoms in total. The van der Waals surface area contributed by atoms with Crippen LogP contribution in [0.15, 0.2) is 11.6 Å². The number of carboxylic acids is 1. The molecule has 0 aliphatic rings. The molecular weight excluding hydrogens is 248 g/mol. The van der Waals surface area contributed by atoms with E-state index in [0.717, 1.165) is 6.42 Å². The summed E-state index contributed by atoms with van der Waals surface area (Å²) in [6.07, 6.45) is 13.5. The van der Waals surface area contributed by atoms with Crippen molar-refractivity contribution >= 4 is 5.97 Å². The van der Waals surface area contributed by atoms with Gasteiger partial charge in [-0.3, -0.25) is 0 Å². The maximum Gasteiger partial charge on any atom is 0.330 e. The smallest absolute Gasteiger partial charge is 0.330 e. The average Bonchev–Trinajstić information content (AvgIpc) is 2.42. The molecule has 2 heteroatoms. The molecule has 0 heterocycles. The zero-order chi connectivity index (χ0) is 15.4. The maximum absolute atomic E-state index is 10.7. The molecule has 0 spiro atoms. The highest BCUT2D eigenvalue weighted by atomic mass is 16.4. The largest absolute Gasteiger partial charge is 0.478 e. The molecule has 0 fully saturated rings. The molecule has 20 heavy (non-hydrogen) atoms. The summed E-state index contributed by atoms with van der Waals surface area (Å²) in [6, 6.07) is 0. The van der Waals surface area contributed by atoms with Gasteiger partial charge < -0.3 is 5.11 Å². The highest BCUT2D eigenvalue weighted by Crippen LogP contribution is 2.22. The molecule has 0 aliphatic heterocycles. The number of rotatable bonds is 12. The van der Waals surface area contributed by atoms with Crippen molar-refractivity contribution in [2.45, 2.75) is 85.5 Å². The van der Waals surface area contributed by atoms with Crippen molar-refractivity contribution in [2.75, 3.05) is 0 Å². The summed E-state index contributed by atoms with van der Waals surface area (Å²) in [5.74, 6) is 0.463. The quantitative estimate of drug-likeness (QED) is 0.362. The zero-order valence-electron chi connectivity index (χ0n) is 14.0. The molecule has 0 amide bonds. The minimum absolute atomic E-state index is 0.472. The van der Waals surface area contributed by atoms with Gasteiger partial charge in [-0.25, -0.2) is 4.79 Å². The van der Waals surface area contributed by atoms with Gasteiger partial charge in [0.05, 0.1) is 0 Å². The molecule has 0 rings (SSSR count). The van der Waals surface area contributed by atoms with E-state index in [9.17, 15) is 4.79 Å². The highest BCUT2D eigenvalue weighted by Gasteiger charge is 2.11. The molecule has 0 aromatic heterocycles. The van der Waals surface area contributed by atoms with E-state index in [1.54, 1.807) is 6.92 Å². The Bertz CT molecular complexity index is 281. The molecule has 2 atom stereocenters. The fraction of sp³-hybridized carbons (Fsp3) is 0.833. The molecule has 0 saturated heterocycles. The zero-order valence-corrected chi connectivity index (χ0v) is 14.0. The normalized spacial score (nSPS) is 15.1. The summed E-state index contributed by atoms with van der Waals surface area (Å²) < 4.78 is 0. The lowest BCUT2D eigenvalue weighted by atomic mass is 9.88. The second-order valence-electron chi connectivity index (χ2n) is 6.29. The molecule has 1 N–H and O–H groups in total. The minimum atomic E-state index is -0.795. The predicted octanol–water partition coefficient (Wildman–Crippen LogP) is 5.82. The average molecular weight is 282 g/mol. The third kappa shape index (κ3) is 10.1. The molecule has 0 radical (unpaired) electrons. The number of hydrogen-bond acceptors (Lipinski definition) is 1. The van der Waals surface area contributed by atoms with Crippen molar-refractivity contribution < 1.29 is 9.90 Å². The number of unbranched alkanes of at least 4 members (excludes halogenated alkanes) is 6. The maximum atomic E-state index is 10.7. The van der Waals surface area contributed by atoms with E-state index < -0.39 is 5.97 Å². The Morgan fingerprint density at radius 2 is 1.55 bits per heavy atom. The number of aliphatic carboxylic acids is 1. The first-order valence-electron chi connectivity index (χ1n) is 8.39. The second-order valence-corrected chi connectivity index (χ2v) is 6.29. The van der Waals surface area contributed by atoms with Crippen LogP contribution < -0.4 is 0 Å². The molecule has 0 aromatic rings. The van der Waals surface area contributed by atoms with Crippen LogP contribution >= 0.6 is 0 Å². The molecule has 0 bridgehead atoms. The van der Waals surface area contributed by atoms with E-state index in [1.807, 2.05) is 6.08 Å². The molecular formula is C18H34O2. The Labute approximate surface area is 125 Å². The fourth-order valence-corrected chi connectivity index (χ4v) is 2.39. The first-order valence-corrected chi connectivity index (χ1v) is 8.39. The van der Waals surface area contributed by atoms with Crippen LogP contribution in [-0.2, 0) is 4.79 Å². The van der Waals surface area contributed by atoms with Crippen molar-refractivity contribution in [3.8, 4) is 0 Å². The lowest BCUT2D eigenvalue weighted by Gasteiger charge is -2.18. The first-order chi connectivity index (χ1) is 9.49. The molecule has 0 aromatic carbocycles. The Balaban J connectivity index is 3.67. The van der Waals surface area contributed by atoms with E-state index in [4.69, 9.17) is 5.11 Å². The van der Waals surface area contributed by atoms with Gasteiger partial charge in [0, 0.05) is 5.57 Å². The van der Waals surface area contributed by atoms with E-state index in [1.165, 1.54) is 51.4 Å². The van der Waals surface area contributed by atoms with E-state index in [2.05, 4.69) is 20.8 Å². The minimum Gasteiger partial charge on any atom is -0.478 e. The first kappa shape index (κ1) is 19.2. The van der Waals surface area contributed by atoms with Gasteiger partial charge in [-0.15, -0.1) is 0 Å². The Morgan fingerprint density at radius 3 is 2.10 bits per heavy atom. The van der Waals surface area contributed by atoms with Gasteiger partial charge in [0.1, 0.15) is 0 Å². The molecule has 0 saturated carbocycles. The van der Waals surface area contributed by atoms with Gasteiger partial charge in [0.15, 0.2) is 0 Å². The number of carboxylic acid groups (broad SMARTS) is 1. The standard InChI is InChI=1S/C18H34O2/c1-5-6-7-8-9-10-11-12-15(2)16(3)13-14-17(4)18(19)20/h14-16H,5-13H2,1-4H3,(H,19,20). The Hall–Kier alpha value is -0.790. The van der Waals surface area contributed by atoms with Gasteiger partial charge in [-0.1, -0.05) is 78.2 Å². The molecule has 118 valence electrons. The lowest BCUT2D eigenvalue weighted by molar-refractivity contribution is -0.132. The van der Waals surface area contributed by atoms with Crippen molar-refractivity contribution in [1.82, 2.24) is 0 Å². The van der Waals surface area contributed by atoms with Gasteiger partial charge >= 0.3 is 5.97 Å². The van der Waals surface area contributed by atoms with Crippen LogP contribution in [-0.4, -0.2) is 11.1 Å². The summed E-state index contributed by atoms with van der Waals surface area (Å²) in [4.78, 5) is 10.7. The van der Waals surface area contributed by atoms with Gasteiger partial charge in [0.25, 0.3) is 0 Å².